The van der Waals surface area contributed by atoms with Crippen LogP contribution in [0.1, 0.15) is 11.1 Å². The van der Waals surface area contributed by atoms with Crippen molar-refractivity contribution in [2.75, 3.05) is 12.4 Å². The van der Waals surface area contributed by atoms with Gasteiger partial charge in [-0.2, -0.15) is 0 Å². The van der Waals surface area contributed by atoms with Gasteiger partial charge in [-0.3, -0.25) is 19.5 Å². The van der Waals surface area contributed by atoms with Gasteiger partial charge in [0, 0.05) is 28.7 Å². The molecule has 0 bridgehead atoms. The van der Waals surface area contributed by atoms with E-state index in [-0.39, 0.29) is 22.8 Å². The highest BCUT2D eigenvalue weighted by Crippen LogP contribution is 2.36. The molecule has 2 aromatic carbocycles. The molecule has 0 aliphatic carbocycles. The van der Waals surface area contributed by atoms with Gasteiger partial charge in [0.1, 0.15) is 11.4 Å². The fourth-order valence-electron chi connectivity index (χ4n) is 3.27. The number of rotatable bonds is 6. The minimum Gasteiger partial charge on any atom is -0.497 e. The van der Waals surface area contributed by atoms with E-state index in [0.29, 0.717) is 22.0 Å². The Morgan fingerprint density at radius 2 is 1.68 bits per heavy atom. The minimum absolute atomic E-state index is 0.114. The smallest absolute Gasteiger partial charge is 0.278 e. The summed E-state index contributed by atoms with van der Waals surface area (Å²) in [5.74, 6) is -0.214. The zero-order valence-corrected chi connectivity index (χ0v) is 17.9. The maximum atomic E-state index is 13.3. The number of nitrogens with zero attached hydrogens (tertiary/aromatic N) is 2. The van der Waals surface area contributed by atoms with Crippen LogP contribution in [-0.4, -0.2) is 28.8 Å². The molecule has 0 saturated heterocycles. The molecular formula is C23H17Cl2N3O3. The van der Waals surface area contributed by atoms with E-state index >= 15 is 0 Å². The van der Waals surface area contributed by atoms with Crippen molar-refractivity contribution in [3.05, 3.63) is 93.9 Å². The van der Waals surface area contributed by atoms with E-state index in [0.717, 1.165) is 5.56 Å². The second kappa shape index (κ2) is 8.79. The summed E-state index contributed by atoms with van der Waals surface area (Å²) in [6.45, 7) is 0.114. The lowest BCUT2D eigenvalue weighted by Crippen LogP contribution is -2.32. The van der Waals surface area contributed by atoms with Gasteiger partial charge in [-0.1, -0.05) is 29.3 Å². The molecule has 156 valence electrons. The molecule has 0 fully saturated rings. The van der Waals surface area contributed by atoms with Gasteiger partial charge in [0.25, 0.3) is 11.8 Å². The first kappa shape index (κ1) is 20.9. The number of aromatic nitrogens is 1. The number of halogens is 2. The number of methoxy groups -OCH3 is 1. The van der Waals surface area contributed by atoms with Gasteiger partial charge in [0.05, 0.1) is 24.3 Å². The molecule has 0 saturated carbocycles. The molecule has 2 heterocycles. The van der Waals surface area contributed by atoms with E-state index in [1.165, 1.54) is 4.90 Å². The SMILES string of the molecule is COc1ccc(NC2=C(c3ccc(Cl)cc3Cl)C(=O)N(Cc3ccncc3)C2=O)cc1. The number of hydrogen-bond donors (Lipinski definition) is 1. The molecule has 0 radical (unpaired) electrons. The van der Waals surface area contributed by atoms with Gasteiger partial charge < -0.3 is 10.1 Å². The molecule has 8 heteroatoms. The number of amides is 2. The van der Waals surface area contributed by atoms with Crippen LogP contribution >= 0.6 is 23.2 Å². The van der Waals surface area contributed by atoms with Crippen LogP contribution in [0.25, 0.3) is 5.57 Å². The number of carbonyl (C=O) groups is 2. The largest absolute Gasteiger partial charge is 0.497 e. The van der Waals surface area contributed by atoms with Gasteiger partial charge in [0.2, 0.25) is 0 Å². The van der Waals surface area contributed by atoms with Gasteiger partial charge in [-0.25, -0.2) is 0 Å². The Labute approximate surface area is 189 Å². The molecular weight excluding hydrogens is 437 g/mol. The number of carbonyl (C=O) groups excluding carboxylic acids is 2. The summed E-state index contributed by atoms with van der Waals surface area (Å²) in [7, 11) is 1.57. The van der Waals surface area contributed by atoms with E-state index in [2.05, 4.69) is 10.3 Å². The fraction of sp³-hybridized carbons (Fsp3) is 0.0870. The lowest BCUT2D eigenvalue weighted by Gasteiger charge is -2.15. The summed E-state index contributed by atoms with van der Waals surface area (Å²) >= 11 is 12.4. The topological polar surface area (TPSA) is 71.5 Å². The highest BCUT2D eigenvalue weighted by Gasteiger charge is 2.40. The highest BCUT2D eigenvalue weighted by molar-refractivity contribution is 6.41. The molecule has 4 rings (SSSR count). The highest BCUT2D eigenvalue weighted by atomic mass is 35.5. The summed E-state index contributed by atoms with van der Waals surface area (Å²) in [5.41, 5.74) is 2.18. The average Bonchev–Trinajstić information content (AvgIpc) is 2.99. The van der Waals surface area contributed by atoms with Crippen LogP contribution in [-0.2, 0) is 16.1 Å². The van der Waals surface area contributed by atoms with Gasteiger partial charge in [-0.15, -0.1) is 0 Å². The molecule has 0 spiro atoms. The van der Waals surface area contributed by atoms with Crippen molar-refractivity contribution in [1.29, 1.82) is 0 Å². The minimum atomic E-state index is -0.446. The van der Waals surface area contributed by atoms with Crippen LogP contribution in [0.4, 0.5) is 5.69 Å². The Kier molecular flexibility index (Phi) is 5.93. The number of nitrogens with one attached hydrogen (secondary N) is 1. The summed E-state index contributed by atoms with van der Waals surface area (Å²) in [4.78, 5) is 31.8. The molecule has 1 N–H and O–H groups in total. The number of benzene rings is 2. The molecule has 1 aliphatic rings. The first-order valence-corrected chi connectivity index (χ1v) is 10.1. The first-order valence-electron chi connectivity index (χ1n) is 9.34. The van der Waals surface area contributed by atoms with Crippen LogP contribution < -0.4 is 10.1 Å². The first-order chi connectivity index (χ1) is 15.0. The molecule has 2 amide bonds. The standard InChI is InChI=1S/C23H17Cl2N3O3/c1-31-17-5-3-16(4-6-17)27-21-20(18-7-2-15(24)12-19(18)25)22(29)28(23(21)30)13-14-8-10-26-11-9-14/h2-12,27H,13H2,1H3. The number of imide groups is 1. The van der Waals surface area contributed by atoms with Gasteiger partial charge >= 0.3 is 0 Å². The summed E-state index contributed by atoms with van der Waals surface area (Å²) < 4.78 is 5.17. The third-order valence-electron chi connectivity index (χ3n) is 4.82. The predicted molar refractivity (Wildman–Crippen MR) is 120 cm³/mol. The van der Waals surface area contributed by atoms with Crippen molar-refractivity contribution < 1.29 is 14.3 Å². The fourth-order valence-corrected chi connectivity index (χ4v) is 3.77. The van der Waals surface area contributed by atoms with Crippen LogP contribution in [0, 0.1) is 0 Å². The Bertz CT molecular complexity index is 1180. The lowest BCUT2D eigenvalue weighted by molar-refractivity contribution is -0.137. The van der Waals surface area contributed by atoms with Crippen molar-refractivity contribution in [1.82, 2.24) is 9.88 Å². The van der Waals surface area contributed by atoms with Crippen LogP contribution in [0.15, 0.2) is 72.7 Å². The van der Waals surface area contributed by atoms with E-state index in [1.54, 1.807) is 74.1 Å². The van der Waals surface area contributed by atoms with Crippen molar-refractivity contribution >= 4 is 46.3 Å². The van der Waals surface area contributed by atoms with Crippen molar-refractivity contribution in [3.8, 4) is 5.75 Å². The zero-order valence-electron chi connectivity index (χ0n) is 16.4. The predicted octanol–water partition coefficient (Wildman–Crippen LogP) is 4.79. The van der Waals surface area contributed by atoms with Crippen molar-refractivity contribution in [3.63, 3.8) is 0 Å². The monoisotopic (exact) mass is 453 g/mol. The zero-order chi connectivity index (χ0) is 22.0. The number of pyridine rings is 1. The van der Waals surface area contributed by atoms with Crippen LogP contribution in [0.2, 0.25) is 10.0 Å². The summed E-state index contributed by atoms with van der Waals surface area (Å²) in [6.07, 6.45) is 3.22. The Balaban J connectivity index is 1.76. The van der Waals surface area contributed by atoms with E-state index in [4.69, 9.17) is 27.9 Å². The van der Waals surface area contributed by atoms with Crippen molar-refractivity contribution in [2.45, 2.75) is 6.54 Å². The van der Waals surface area contributed by atoms with Gasteiger partial charge in [-0.05, 0) is 54.1 Å². The number of ether oxygens (including phenoxy) is 1. The van der Waals surface area contributed by atoms with Gasteiger partial charge in [0.15, 0.2) is 0 Å². The second-order valence-electron chi connectivity index (χ2n) is 6.78. The third kappa shape index (κ3) is 4.26. The summed E-state index contributed by atoms with van der Waals surface area (Å²) in [5, 5.41) is 3.80. The van der Waals surface area contributed by atoms with Crippen LogP contribution in [0.3, 0.4) is 0 Å². The number of anilines is 1. The maximum Gasteiger partial charge on any atom is 0.278 e. The molecule has 1 aliphatic heterocycles. The average molecular weight is 454 g/mol. The van der Waals surface area contributed by atoms with Crippen LogP contribution in [0.5, 0.6) is 5.75 Å². The molecule has 0 unspecified atom stereocenters. The Morgan fingerprint density at radius 3 is 2.32 bits per heavy atom. The van der Waals surface area contributed by atoms with E-state index in [1.807, 2.05) is 0 Å². The Morgan fingerprint density at radius 1 is 0.968 bits per heavy atom. The van der Waals surface area contributed by atoms with E-state index in [9.17, 15) is 9.59 Å². The molecule has 3 aromatic rings. The number of hydrogen-bond acceptors (Lipinski definition) is 5. The van der Waals surface area contributed by atoms with Crippen molar-refractivity contribution in [2.24, 2.45) is 0 Å². The molecule has 31 heavy (non-hydrogen) atoms. The summed E-state index contributed by atoms with van der Waals surface area (Å²) in [6, 6.07) is 15.4. The molecule has 6 nitrogen and oxygen atoms in total. The second-order valence-corrected chi connectivity index (χ2v) is 7.62. The quantitative estimate of drug-likeness (QED) is 0.543. The van der Waals surface area contributed by atoms with E-state index < -0.39 is 11.8 Å². The third-order valence-corrected chi connectivity index (χ3v) is 5.37. The molecule has 1 aromatic heterocycles. The Hall–Kier alpha value is -3.35. The normalized spacial score (nSPS) is 13.7. The maximum absolute atomic E-state index is 13.3. The molecule has 0 atom stereocenters. The lowest BCUT2D eigenvalue weighted by atomic mass is 10.0.